The molecular formula is C16H15Cl2FO. The van der Waals surface area contributed by atoms with Crippen molar-refractivity contribution in [3.8, 4) is 0 Å². The Kier molecular flexibility index (Phi) is 5.41. The van der Waals surface area contributed by atoms with Crippen molar-refractivity contribution in [3.05, 3.63) is 69.5 Å². The van der Waals surface area contributed by atoms with Crippen LogP contribution < -0.4 is 0 Å². The van der Waals surface area contributed by atoms with E-state index in [4.69, 9.17) is 23.2 Å². The Labute approximate surface area is 128 Å². The highest BCUT2D eigenvalue weighted by Crippen LogP contribution is 2.21. The van der Waals surface area contributed by atoms with E-state index >= 15 is 0 Å². The molecule has 0 aliphatic rings. The number of rotatable bonds is 5. The monoisotopic (exact) mass is 312 g/mol. The number of benzene rings is 2. The van der Waals surface area contributed by atoms with Crippen molar-refractivity contribution < 1.29 is 9.50 Å². The zero-order valence-electron chi connectivity index (χ0n) is 10.8. The standard InChI is InChI=1S/C16H15Cl2FO/c17-14-3-1-2-11(8-14)6-13(10-20)7-12-4-5-16(19)15(18)9-12/h1-5,8-9,13,20H,6-7,10H2. The molecular weight excluding hydrogens is 298 g/mol. The zero-order chi connectivity index (χ0) is 14.5. The van der Waals surface area contributed by atoms with E-state index in [2.05, 4.69) is 0 Å². The number of hydrogen-bond donors (Lipinski definition) is 1. The second-order valence-electron chi connectivity index (χ2n) is 4.84. The summed E-state index contributed by atoms with van der Waals surface area (Å²) in [6.45, 7) is 0.0571. The van der Waals surface area contributed by atoms with Crippen LogP contribution in [0.5, 0.6) is 0 Å². The summed E-state index contributed by atoms with van der Waals surface area (Å²) >= 11 is 11.7. The summed E-state index contributed by atoms with van der Waals surface area (Å²) in [6.07, 6.45) is 1.36. The van der Waals surface area contributed by atoms with Gasteiger partial charge in [0, 0.05) is 11.6 Å². The van der Waals surface area contributed by atoms with E-state index in [9.17, 15) is 9.50 Å². The highest BCUT2D eigenvalue weighted by atomic mass is 35.5. The summed E-state index contributed by atoms with van der Waals surface area (Å²) in [4.78, 5) is 0. The molecule has 1 atom stereocenters. The molecule has 20 heavy (non-hydrogen) atoms. The third kappa shape index (κ3) is 4.20. The smallest absolute Gasteiger partial charge is 0.141 e. The number of halogens is 3. The second kappa shape index (κ2) is 7.07. The van der Waals surface area contributed by atoms with Crippen molar-refractivity contribution in [2.45, 2.75) is 12.8 Å². The lowest BCUT2D eigenvalue weighted by Crippen LogP contribution is -2.13. The first-order valence-corrected chi connectivity index (χ1v) is 7.13. The summed E-state index contributed by atoms with van der Waals surface area (Å²) in [6, 6.07) is 12.2. The van der Waals surface area contributed by atoms with Crippen molar-refractivity contribution in [1.82, 2.24) is 0 Å². The predicted octanol–water partition coefficient (Wildman–Crippen LogP) is 4.53. The van der Waals surface area contributed by atoms with Gasteiger partial charge in [0.25, 0.3) is 0 Å². The molecule has 106 valence electrons. The molecule has 0 bridgehead atoms. The molecule has 0 radical (unpaired) electrons. The van der Waals surface area contributed by atoms with Gasteiger partial charge >= 0.3 is 0 Å². The molecule has 0 aliphatic heterocycles. The van der Waals surface area contributed by atoms with Gasteiger partial charge in [-0.15, -0.1) is 0 Å². The molecule has 0 aliphatic carbocycles. The lowest BCUT2D eigenvalue weighted by atomic mass is 9.93. The first kappa shape index (κ1) is 15.3. The minimum Gasteiger partial charge on any atom is -0.396 e. The van der Waals surface area contributed by atoms with Crippen LogP contribution >= 0.6 is 23.2 Å². The Hall–Kier alpha value is -1.09. The Morgan fingerprint density at radius 1 is 1.00 bits per heavy atom. The SMILES string of the molecule is OCC(Cc1cccc(Cl)c1)Cc1ccc(F)c(Cl)c1. The normalized spacial score (nSPS) is 12.4. The lowest BCUT2D eigenvalue weighted by Gasteiger charge is -2.15. The van der Waals surface area contributed by atoms with Crippen LogP contribution in [0.15, 0.2) is 42.5 Å². The molecule has 2 aromatic rings. The maximum atomic E-state index is 13.1. The Bertz CT molecular complexity index is 586. The molecule has 0 spiro atoms. The average molecular weight is 313 g/mol. The molecule has 2 aromatic carbocycles. The summed E-state index contributed by atoms with van der Waals surface area (Å²) < 4.78 is 13.1. The zero-order valence-corrected chi connectivity index (χ0v) is 12.3. The van der Waals surface area contributed by atoms with Gasteiger partial charge in [-0.2, -0.15) is 0 Å². The van der Waals surface area contributed by atoms with Crippen LogP contribution in [0.4, 0.5) is 4.39 Å². The highest BCUT2D eigenvalue weighted by molar-refractivity contribution is 6.31. The molecule has 0 saturated heterocycles. The van der Waals surface area contributed by atoms with Gasteiger partial charge in [0.05, 0.1) is 5.02 Å². The molecule has 1 nitrogen and oxygen atoms in total. The highest BCUT2D eigenvalue weighted by Gasteiger charge is 2.11. The Morgan fingerprint density at radius 3 is 2.30 bits per heavy atom. The first-order valence-electron chi connectivity index (χ1n) is 6.37. The average Bonchev–Trinajstić information content (AvgIpc) is 2.42. The Balaban J connectivity index is 2.07. The third-order valence-electron chi connectivity index (χ3n) is 3.18. The van der Waals surface area contributed by atoms with Gasteiger partial charge in [-0.25, -0.2) is 4.39 Å². The summed E-state index contributed by atoms with van der Waals surface area (Å²) in [7, 11) is 0. The molecule has 1 unspecified atom stereocenters. The summed E-state index contributed by atoms with van der Waals surface area (Å²) in [5, 5.41) is 10.3. The van der Waals surface area contributed by atoms with Crippen molar-refractivity contribution >= 4 is 23.2 Å². The topological polar surface area (TPSA) is 20.2 Å². The minimum absolute atomic E-state index is 0.0509. The predicted molar refractivity (Wildman–Crippen MR) is 80.8 cm³/mol. The van der Waals surface area contributed by atoms with Crippen molar-refractivity contribution in [3.63, 3.8) is 0 Å². The van der Waals surface area contributed by atoms with Gasteiger partial charge in [-0.05, 0) is 54.2 Å². The second-order valence-corrected chi connectivity index (χ2v) is 5.68. The molecule has 0 aromatic heterocycles. The van der Waals surface area contributed by atoms with Crippen LogP contribution in [0.3, 0.4) is 0 Å². The largest absolute Gasteiger partial charge is 0.396 e. The van der Waals surface area contributed by atoms with E-state index in [1.54, 1.807) is 12.1 Å². The van der Waals surface area contributed by atoms with Crippen molar-refractivity contribution in [2.75, 3.05) is 6.61 Å². The fourth-order valence-electron chi connectivity index (χ4n) is 2.20. The van der Waals surface area contributed by atoms with Crippen molar-refractivity contribution in [2.24, 2.45) is 5.92 Å². The third-order valence-corrected chi connectivity index (χ3v) is 3.70. The Morgan fingerprint density at radius 2 is 1.70 bits per heavy atom. The van der Waals surface area contributed by atoms with E-state index in [1.807, 2.05) is 24.3 Å². The van der Waals surface area contributed by atoms with Crippen LogP contribution in [-0.4, -0.2) is 11.7 Å². The summed E-state index contributed by atoms with van der Waals surface area (Å²) in [5.74, 6) is -0.374. The number of aliphatic hydroxyl groups excluding tert-OH is 1. The van der Waals surface area contributed by atoms with Gasteiger partial charge in [0.2, 0.25) is 0 Å². The minimum atomic E-state index is -0.425. The van der Waals surface area contributed by atoms with Crippen LogP contribution in [0.2, 0.25) is 10.0 Å². The fraction of sp³-hybridized carbons (Fsp3) is 0.250. The summed E-state index contributed by atoms with van der Waals surface area (Å²) in [5.41, 5.74) is 1.99. The van der Waals surface area contributed by atoms with Crippen molar-refractivity contribution in [1.29, 1.82) is 0 Å². The van der Waals surface area contributed by atoms with E-state index < -0.39 is 5.82 Å². The van der Waals surface area contributed by atoms with Crippen LogP contribution in [0, 0.1) is 11.7 Å². The lowest BCUT2D eigenvalue weighted by molar-refractivity contribution is 0.225. The van der Waals surface area contributed by atoms with Gasteiger partial charge < -0.3 is 5.11 Å². The molecule has 1 N–H and O–H groups in total. The van der Waals surface area contributed by atoms with Gasteiger partial charge in [0.15, 0.2) is 0 Å². The van der Waals surface area contributed by atoms with Crippen LogP contribution in [-0.2, 0) is 12.8 Å². The molecule has 0 fully saturated rings. The molecule has 4 heteroatoms. The van der Waals surface area contributed by atoms with E-state index in [0.717, 1.165) is 11.1 Å². The molecule has 0 saturated carbocycles. The van der Waals surface area contributed by atoms with E-state index in [1.165, 1.54) is 6.07 Å². The maximum Gasteiger partial charge on any atom is 0.141 e. The van der Waals surface area contributed by atoms with Crippen LogP contribution in [0.25, 0.3) is 0 Å². The van der Waals surface area contributed by atoms with Crippen LogP contribution in [0.1, 0.15) is 11.1 Å². The maximum absolute atomic E-state index is 13.1. The quantitative estimate of drug-likeness (QED) is 0.860. The van der Waals surface area contributed by atoms with Gasteiger partial charge in [-0.1, -0.05) is 41.4 Å². The number of hydrogen-bond acceptors (Lipinski definition) is 1. The molecule has 0 heterocycles. The fourth-order valence-corrected chi connectivity index (χ4v) is 2.61. The number of aliphatic hydroxyl groups is 1. The van der Waals surface area contributed by atoms with E-state index in [0.29, 0.717) is 17.9 Å². The van der Waals surface area contributed by atoms with Gasteiger partial charge in [0.1, 0.15) is 5.82 Å². The molecule has 2 rings (SSSR count). The molecule has 0 amide bonds. The first-order chi connectivity index (χ1) is 9.58. The van der Waals surface area contributed by atoms with E-state index in [-0.39, 0.29) is 17.5 Å². The van der Waals surface area contributed by atoms with Gasteiger partial charge in [-0.3, -0.25) is 0 Å².